The van der Waals surface area contributed by atoms with Gasteiger partial charge in [0.15, 0.2) is 0 Å². The maximum Gasteiger partial charge on any atom is 0.224 e. The van der Waals surface area contributed by atoms with E-state index in [1.807, 2.05) is 42.5 Å². The van der Waals surface area contributed by atoms with E-state index in [0.717, 1.165) is 36.3 Å². The van der Waals surface area contributed by atoms with Gasteiger partial charge in [-0.2, -0.15) is 0 Å². The number of hydrogen-bond acceptors (Lipinski definition) is 3. The van der Waals surface area contributed by atoms with Gasteiger partial charge < -0.3 is 5.73 Å². The van der Waals surface area contributed by atoms with Crippen LogP contribution in [-0.2, 0) is 17.8 Å². The highest BCUT2D eigenvalue weighted by atomic mass is 19.1. The molecule has 1 aliphatic heterocycles. The fraction of sp³-hybridized carbons (Fsp3) is 0.280. The normalized spacial score (nSPS) is 16.3. The highest BCUT2D eigenvalue weighted by Crippen LogP contribution is 2.38. The number of benzene rings is 2. The fourth-order valence-corrected chi connectivity index (χ4v) is 4.37. The molecule has 0 saturated carbocycles. The number of nitrogens with two attached hydrogens (primary N) is 1. The van der Waals surface area contributed by atoms with Gasteiger partial charge in [-0.3, -0.25) is 14.7 Å². The Bertz CT molecular complexity index is 1010. The molecule has 2 aromatic carbocycles. The van der Waals surface area contributed by atoms with Crippen LogP contribution < -0.4 is 5.73 Å². The minimum absolute atomic E-state index is 0.250. The van der Waals surface area contributed by atoms with E-state index in [0.29, 0.717) is 19.3 Å². The molecule has 3 aromatic rings. The third kappa shape index (κ3) is 4.41. The quantitative estimate of drug-likeness (QED) is 0.671. The van der Waals surface area contributed by atoms with Gasteiger partial charge in [0.2, 0.25) is 5.91 Å². The molecule has 1 fully saturated rings. The van der Waals surface area contributed by atoms with Gasteiger partial charge in [-0.05, 0) is 78.9 Å². The average Bonchev–Trinajstić information content (AvgIpc) is 2.76. The van der Waals surface area contributed by atoms with Gasteiger partial charge in [0.25, 0.3) is 0 Å². The summed E-state index contributed by atoms with van der Waals surface area (Å²) in [7, 11) is 0. The van der Waals surface area contributed by atoms with Crippen molar-refractivity contribution in [1.82, 2.24) is 9.88 Å². The van der Waals surface area contributed by atoms with E-state index < -0.39 is 5.41 Å². The predicted octanol–water partition coefficient (Wildman–Crippen LogP) is 4.20. The molecule has 0 atom stereocenters. The number of carbonyl (C=O) groups is 1. The summed E-state index contributed by atoms with van der Waals surface area (Å²) in [4.78, 5) is 19.0. The van der Waals surface area contributed by atoms with E-state index in [9.17, 15) is 9.18 Å². The van der Waals surface area contributed by atoms with Crippen molar-refractivity contribution in [2.45, 2.75) is 25.8 Å². The largest absolute Gasteiger partial charge is 0.369 e. The molecular weight excluding hydrogens is 377 g/mol. The molecule has 0 radical (unpaired) electrons. The van der Waals surface area contributed by atoms with Gasteiger partial charge in [0.05, 0.1) is 5.41 Å². The van der Waals surface area contributed by atoms with E-state index in [1.54, 1.807) is 18.5 Å². The van der Waals surface area contributed by atoms with Crippen molar-refractivity contribution in [3.8, 4) is 11.1 Å². The number of carbonyl (C=O) groups excluding carboxylic acids is 1. The highest BCUT2D eigenvalue weighted by Gasteiger charge is 2.40. The van der Waals surface area contributed by atoms with Crippen molar-refractivity contribution in [1.29, 1.82) is 0 Å². The summed E-state index contributed by atoms with van der Waals surface area (Å²) >= 11 is 0. The molecule has 30 heavy (non-hydrogen) atoms. The summed E-state index contributed by atoms with van der Waals surface area (Å²) < 4.78 is 13.8. The molecule has 154 valence electrons. The summed E-state index contributed by atoms with van der Waals surface area (Å²) in [5.41, 5.74) is 9.37. The van der Waals surface area contributed by atoms with Crippen LogP contribution in [0.1, 0.15) is 24.0 Å². The molecule has 2 N–H and O–H groups in total. The minimum atomic E-state index is -0.585. The Morgan fingerprint density at radius 2 is 1.77 bits per heavy atom. The van der Waals surface area contributed by atoms with Crippen LogP contribution in [0.15, 0.2) is 73.1 Å². The van der Waals surface area contributed by atoms with Crippen molar-refractivity contribution in [2.75, 3.05) is 13.1 Å². The lowest BCUT2D eigenvalue weighted by atomic mass is 9.72. The van der Waals surface area contributed by atoms with Crippen molar-refractivity contribution in [3.63, 3.8) is 0 Å². The topological polar surface area (TPSA) is 59.2 Å². The third-order valence-electron chi connectivity index (χ3n) is 6.17. The van der Waals surface area contributed by atoms with Gasteiger partial charge in [0.1, 0.15) is 5.82 Å². The van der Waals surface area contributed by atoms with Crippen LogP contribution in [0.3, 0.4) is 0 Å². The summed E-state index contributed by atoms with van der Waals surface area (Å²) in [5, 5.41) is 0. The Labute approximate surface area is 176 Å². The molecule has 1 aromatic heterocycles. The van der Waals surface area contributed by atoms with E-state index in [2.05, 4.69) is 9.88 Å². The number of pyridine rings is 1. The van der Waals surface area contributed by atoms with Crippen molar-refractivity contribution in [2.24, 2.45) is 11.1 Å². The number of hydrogen-bond donors (Lipinski definition) is 1. The molecule has 5 heteroatoms. The Balaban J connectivity index is 1.54. The lowest BCUT2D eigenvalue weighted by Crippen LogP contribution is -2.48. The zero-order valence-electron chi connectivity index (χ0n) is 16.9. The lowest BCUT2D eigenvalue weighted by molar-refractivity contribution is -0.130. The molecule has 4 rings (SSSR count). The third-order valence-corrected chi connectivity index (χ3v) is 6.17. The first-order chi connectivity index (χ1) is 14.6. The summed E-state index contributed by atoms with van der Waals surface area (Å²) in [6, 6.07) is 18.5. The number of primary amides is 1. The number of rotatable bonds is 6. The molecule has 1 aliphatic rings. The summed E-state index contributed by atoms with van der Waals surface area (Å²) in [6.45, 7) is 2.47. The van der Waals surface area contributed by atoms with Crippen LogP contribution in [0, 0.1) is 11.2 Å². The van der Waals surface area contributed by atoms with E-state index in [1.165, 1.54) is 17.7 Å². The second-order valence-electron chi connectivity index (χ2n) is 8.12. The molecule has 1 saturated heterocycles. The maximum absolute atomic E-state index is 13.8. The minimum Gasteiger partial charge on any atom is -0.369 e. The summed E-state index contributed by atoms with van der Waals surface area (Å²) in [5.74, 6) is -0.517. The smallest absolute Gasteiger partial charge is 0.224 e. The molecule has 0 bridgehead atoms. The molecule has 0 aliphatic carbocycles. The molecular formula is C25H26FN3O. The van der Waals surface area contributed by atoms with Crippen molar-refractivity contribution >= 4 is 5.91 Å². The van der Waals surface area contributed by atoms with E-state index >= 15 is 0 Å². The molecule has 1 amide bonds. The van der Waals surface area contributed by atoms with Gasteiger partial charge in [-0.1, -0.05) is 36.4 Å². The van der Waals surface area contributed by atoms with E-state index in [4.69, 9.17) is 5.73 Å². The zero-order valence-corrected chi connectivity index (χ0v) is 16.9. The standard InChI is InChI=1S/C25H26FN3O/c26-22-6-3-5-20(16-22)23-7-2-1-4-21(23)17-25(24(27)30)10-14-29(15-11-25)18-19-8-12-28-13-9-19/h1-9,12-13,16H,10-11,14-15,17-18H2,(H2,27,30). The van der Waals surface area contributed by atoms with Gasteiger partial charge in [0, 0.05) is 18.9 Å². The first-order valence-electron chi connectivity index (χ1n) is 10.3. The van der Waals surface area contributed by atoms with Crippen molar-refractivity contribution < 1.29 is 9.18 Å². The Kier molecular flexibility index (Phi) is 5.91. The van der Waals surface area contributed by atoms with Crippen LogP contribution in [0.2, 0.25) is 0 Å². The first-order valence-corrected chi connectivity index (χ1v) is 10.3. The van der Waals surface area contributed by atoms with Crippen LogP contribution in [-0.4, -0.2) is 28.9 Å². The zero-order chi connectivity index (χ0) is 21.0. The second-order valence-corrected chi connectivity index (χ2v) is 8.12. The first kappa shape index (κ1) is 20.2. The van der Waals surface area contributed by atoms with Gasteiger partial charge in [-0.25, -0.2) is 4.39 Å². The van der Waals surface area contributed by atoms with Crippen LogP contribution >= 0.6 is 0 Å². The Morgan fingerprint density at radius 3 is 2.47 bits per heavy atom. The number of halogens is 1. The highest BCUT2D eigenvalue weighted by molar-refractivity contribution is 5.82. The number of nitrogens with zero attached hydrogens (tertiary/aromatic N) is 2. The van der Waals surface area contributed by atoms with Crippen LogP contribution in [0.5, 0.6) is 0 Å². The SMILES string of the molecule is NC(=O)C1(Cc2ccccc2-c2cccc(F)c2)CCN(Cc2ccncc2)CC1. The summed E-state index contributed by atoms with van der Waals surface area (Å²) in [6.07, 6.45) is 5.60. The lowest BCUT2D eigenvalue weighted by Gasteiger charge is -2.40. The van der Waals surface area contributed by atoms with Gasteiger partial charge >= 0.3 is 0 Å². The van der Waals surface area contributed by atoms with Crippen molar-refractivity contribution in [3.05, 3.63) is 90.0 Å². The second kappa shape index (κ2) is 8.76. The maximum atomic E-state index is 13.8. The fourth-order valence-electron chi connectivity index (χ4n) is 4.37. The molecule has 4 nitrogen and oxygen atoms in total. The monoisotopic (exact) mass is 403 g/mol. The number of likely N-dealkylation sites (tertiary alicyclic amines) is 1. The Hall–Kier alpha value is -3.05. The number of piperidine rings is 1. The average molecular weight is 404 g/mol. The van der Waals surface area contributed by atoms with Gasteiger partial charge in [-0.15, -0.1) is 0 Å². The molecule has 0 spiro atoms. The molecule has 0 unspecified atom stereocenters. The Morgan fingerprint density at radius 1 is 1.03 bits per heavy atom. The molecule has 2 heterocycles. The number of amides is 1. The number of aromatic nitrogens is 1. The predicted molar refractivity (Wildman–Crippen MR) is 116 cm³/mol. The van der Waals surface area contributed by atoms with Crippen LogP contribution in [0.4, 0.5) is 4.39 Å². The van der Waals surface area contributed by atoms with E-state index in [-0.39, 0.29) is 11.7 Å². The van der Waals surface area contributed by atoms with Crippen LogP contribution in [0.25, 0.3) is 11.1 Å².